The SMILES string of the molecule is C=CC(=O)OCCCCCCCCCCCCCCCC[n+]1ccccc1.[Br-]. The number of carbonyl (C=O) groups is 1. The number of rotatable bonds is 18. The largest absolute Gasteiger partial charge is 1.00 e. The van der Waals surface area contributed by atoms with Crippen LogP contribution >= 0.6 is 0 Å². The first-order valence-electron chi connectivity index (χ1n) is 11.1. The molecule has 28 heavy (non-hydrogen) atoms. The lowest BCUT2D eigenvalue weighted by Gasteiger charge is -2.04. The number of hydrogen-bond acceptors (Lipinski definition) is 2. The van der Waals surface area contributed by atoms with Gasteiger partial charge in [-0.15, -0.1) is 0 Å². The Morgan fingerprint density at radius 2 is 1.14 bits per heavy atom. The van der Waals surface area contributed by atoms with Crippen LogP contribution in [0, 0.1) is 0 Å². The van der Waals surface area contributed by atoms with Gasteiger partial charge in [0.25, 0.3) is 0 Å². The van der Waals surface area contributed by atoms with Gasteiger partial charge in [-0.25, -0.2) is 9.36 Å². The monoisotopic (exact) mass is 453 g/mol. The fourth-order valence-electron chi connectivity index (χ4n) is 3.33. The van der Waals surface area contributed by atoms with Crippen molar-refractivity contribution in [1.82, 2.24) is 0 Å². The molecule has 0 atom stereocenters. The van der Waals surface area contributed by atoms with Gasteiger partial charge in [0.2, 0.25) is 0 Å². The summed E-state index contributed by atoms with van der Waals surface area (Å²) < 4.78 is 7.24. The van der Waals surface area contributed by atoms with Gasteiger partial charge >= 0.3 is 5.97 Å². The van der Waals surface area contributed by atoms with Crippen LogP contribution in [0.25, 0.3) is 0 Å². The van der Waals surface area contributed by atoms with Crippen LogP contribution in [0.3, 0.4) is 0 Å². The van der Waals surface area contributed by atoms with E-state index in [2.05, 4.69) is 41.7 Å². The van der Waals surface area contributed by atoms with Gasteiger partial charge in [0.05, 0.1) is 6.61 Å². The number of ether oxygens (including phenoxy) is 1. The summed E-state index contributed by atoms with van der Waals surface area (Å²) in [6.45, 7) is 5.08. The van der Waals surface area contributed by atoms with E-state index in [-0.39, 0.29) is 23.0 Å². The van der Waals surface area contributed by atoms with Gasteiger partial charge in [-0.05, 0) is 12.8 Å². The van der Waals surface area contributed by atoms with Crippen molar-refractivity contribution < 1.29 is 31.1 Å². The molecule has 1 heterocycles. The molecule has 3 nitrogen and oxygen atoms in total. The molecule has 0 aliphatic heterocycles. The summed E-state index contributed by atoms with van der Waals surface area (Å²) in [6, 6.07) is 6.27. The minimum Gasteiger partial charge on any atom is -1.00 e. The average molecular weight is 454 g/mol. The van der Waals surface area contributed by atoms with Crippen molar-refractivity contribution in [2.45, 2.75) is 96.4 Å². The van der Waals surface area contributed by atoms with Crippen LogP contribution in [0.2, 0.25) is 0 Å². The first-order valence-corrected chi connectivity index (χ1v) is 11.1. The zero-order chi connectivity index (χ0) is 19.4. The fraction of sp³-hybridized carbons (Fsp3) is 0.667. The van der Waals surface area contributed by atoms with E-state index in [0.29, 0.717) is 6.61 Å². The van der Waals surface area contributed by atoms with Crippen LogP contribution in [-0.4, -0.2) is 12.6 Å². The highest BCUT2D eigenvalue weighted by Crippen LogP contribution is 2.13. The summed E-state index contributed by atoms with van der Waals surface area (Å²) in [5.41, 5.74) is 0. The molecule has 0 saturated heterocycles. The van der Waals surface area contributed by atoms with Crippen molar-refractivity contribution in [3.05, 3.63) is 43.2 Å². The number of aromatic nitrogens is 1. The highest BCUT2D eigenvalue weighted by molar-refractivity contribution is 5.81. The van der Waals surface area contributed by atoms with E-state index in [9.17, 15) is 4.79 Å². The summed E-state index contributed by atoms with van der Waals surface area (Å²) in [6.07, 6.45) is 24.0. The van der Waals surface area contributed by atoms with Crippen LogP contribution in [0.1, 0.15) is 89.9 Å². The summed E-state index contributed by atoms with van der Waals surface area (Å²) >= 11 is 0. The van der Waals surface area contributed by atoms with Gasteiger partial charge in [0, 0.05) is 24.6 Å². The molecule has 0 unspecified atom stereocenters. The molecule has 0 spiro atoms. The number of nitrogens with zero attached hydrogens (tertiary/aromatic N) is 1. The van der Waals surface area contributed by atoms with Crippen molar-refractivity contribution >= 4 is 5.97 Å². The number of esters is 1. The molecule has 0 aliphatic carbocycles. The minimum atomic E-state index is -0.304. The van der Waals surface area contributed by atoms with Crippen molar-refractivity contribution in [3.8, 4) is 0 Å². The predicted molar refractivity (Wildman–Crippen MR) is 112 cm³/mol. The van der Waals surface area contributed by atoms with Gasteiger partial charge in [0.15, 0.2) is 12.4 Å². The van der Waals surface area contributed by atoms with Crippen LogP contribution < -0.4 is 21.5 Å². The van der Waals surface area contributed by atoms with E-state index in [1.54, 1.807) is 0 Å². The number of hydrogen-bond donors (Lipinski definition) is 0. The fourth-order valence-corrected chi connectivity index (χ4v) is 3.33. The number of unbranched alkanes of at least 4 members (excludes halogenated alkanes) is 13. The Bertz CT molecular complexity index is 479. The van der Waals surface area contributed by atoms with Crippen molar-refractivity contribution in [1.29, 1.82) is 0 Å². The number of halogens is 1. The number of aryl methyl sites for hydroxylation is 1. The maximum Gasteiger partial charge on any atom is 0.330 e. The lowest BCUT2D eigenvalue weighted by Crippen LogP contribution is -3.00. The Balaban J connectivity index is 0.00000729. The maximum absolute atomic E-state index is 10.9. The molecular formula is C24H40BrNO2. The van der Waals surface area contributed by atoms with Gasteiger partial charge in [-0.1, -0.05) is 83.3 Å². The molecule has 160 valence electrons. The molecule has 0 aromatic carbocycles. The second-order valence-corrected chi connectivity index (χ2v) is 7.43. The normalized spacial score (nSPS) is 10.3. The topological polar surface area (TPSA) is 30.2 Å². The third kappa shape index (κ3) is 17.0. The van der Waals surface area contributed by atoms with Crippen LogP contribution in [0.5, 0.6) is 0 Å². The average Bonchev–Trinajstić information content (AvgIpc) is 2.70. The van der Waals surface area contributed by atoms with E-state index in [4.69, 9.17) is 4.74 Å². The quantitative estimate of drug-likeness (QED) is 0.148. The highest BCUT2D eigenvalue weighted by Gasteiger charge is 1.98. The molecule has 0 aliphatic rings. The first-order chi connectivity index (χ1) is 13.3. The minimum absolute atomic E-state index is 0. The molecule has 0 bridgehead atoms. The summed E-state index contributed by atoms with van der Waals surface area (Å²) in [4.78, 5) is 10.9. The predicted octanol–water partition coefficient (Wildman–Crippen LogP) is 3.17. The standard InChI is InChI=1S/C24H40NO2.BrH/c1-2-24(26)27-23-19-14-12-10-8-6-4-3-5-7-9-11-13-16-20-25-21-17-15-18-22-25;/h2,15,17-18,21-22H,1,3-14,16,19-20,23H2;1H/q+1;/p-1. The van der Waals surface area contributed by atoms with E-state index in [1.165, 1.54) is 83.1 Å². The van der Waals surface area contributed by atoms with Gasteiger partial charge in [-0.3, -0.25) is 0 Å². The molecule has 0 N–H and O–H groups in total. The summed E-state index contributed by atoms with van der Waals surface area (Å²) in [7, 11) is 0. The van der Waals surface area contributed by atoms with Gasteiger partial charge < -0.3 is 21.7 Å². The molecule has 1 aromatic heterocycles. The number of pyridine rings is 1. The van der Waals surface area contributed by atoms with E-state index >= 15 is 0 Å². The molecule has 1 rings (SSSR count). The molecular weight excluding hydrogens is 414 g/mol. The maximum atomic E-state index is 10.9. The molecule has 0 saturated carbocycles. The molecule has 0 radical (unpaired) electrons. The second kappa shape index (κ2) is 20.6. The van der Waals surface area contributed by atoms with Gasteiger partial charge in [-0.2, -0.15) is 0 Å². The van der Waals surface area contributed by atoms with Crippen LogP contribution in [-0.2, 0) is 16.1 Å². The highest BCUT2D eigenvalue weighted by atomic mass is 79.9. The third-order valence-electron chi connectivity index (χ3n) is 5.00. The molecule has 4 heteroatoms. The molecule has 0 amide bonds. The summed E-state index contributed by atoms with van der Waals surface area (Å²) in [5.74, 6) is -0.304. The Labute approximate surface area is 183 Å². The molecule has 1 aromatic rings. The summed E-state index contributed by atoms with van der Waals surface area (Å²) in [5, 5.41) is 0. The second-order valence-electron chi connectivity index (χ2n) is 7.43. The zero-order valence-electron chi connectivity index (χ0n) is 17.6. The lowest BCUT2D eigenvalue weighted by atomic mass is 10.0. The third-order valence-corrected chi connectivity index (χ3v) is 5.00. The van der Waals surface area contributed by atoms with Crippen LogP contribution in [0.15, 0.2) is 43.2 Å². The Hall–Kier alpha value is -1.16. The van der Waals surface area contributed by atoms with Crippen molar-refractivity contribution in [2.24, 2.45) is 0 Å². The van der Waals surface area contributed by atoms with Crippen LogP contribution in [0.4, 0.5) is 0 Å². The number of carbonyl (C=O) groups excluding carboxylic acids is 1. The Morgan fingerprint density at radius 1 is 0.714 bits per heavy atom. The van der Waals surface area contributed by atoms with E-state index < -0.39 is 0 Å². The van der Waals surface area contributed by atoms with E-state index in [1.807, 2.05) is 0 Å². The van der Waals surface area contributed by atoms with E-state index in [0.717, 1.165) is 19.4 Å². The van der Waals surface area contributed by atoms with Crippen molar-refractivity contribution in [2.75, 3.05) is 6.61 Å². The Morgan fingerprint density at radius 3 is 1.61 bits per heavy atom. The first kappa shape index (κ1) is 26.8. The smallest absolute Gasteiger partial charge is 0.330 e. The Kier molecular flexibility index (Phi) is 19.7. The zero-order valence-corrected chi connectivity index (χ0v) is 19.2. The lowest BCUT2D eigenvalue weighted by molar-refractivity contribution is -0.697. The van der Waals surface area contributed by atoms with Crippen molar-refractivity contribution in [3.63, 3.8) is 0 Å². The molecule has 0 fully saturated rings. The van der Waals surface area contributed by atoms with Gasteiger partial charge in [0.1, 0.15) is 6.54 Å².